The van der Waals surface area contributed by atoms with E-state index in [0.29, 0.717) is 46.8 Å². The fourth-order valence-electron chi connectivity index (χ4n) is 8.57. The number of carbonyl (C=O) groups is 3. The van der Waals surface area contributed by atoms with E-state index in [1.54, 1.807) is 17.2 Å². The summed E-state index contributed by atoms with van der Waals surface area (Å²) in [6.45, 7) is 9.47. The Morgan fingerprint density at radius 2 is 1.40 bits per heavy atom. The third kappa shape index (κ3) is 8.47. The third-order valence-electron chi connectivity index (χ3n) is 11.8. The lowest BCUT2D eigenvalue weighted by atomic mass is 10.0. The van der Waals surface area contributed by atoms with E-state index in [0.717, 1.165) is 59.5 Å². The molecule has 3 aromatic heterocycles. The standard InChI is InChI=1S/C47H50FN9O5/c1-27(2)41(54-46(59)61-4)45(58)57-22-10-14-40(57)44-50-26-38(53-44)32-15-18-33(34(48)24-32)36-20-17-30-23-31(16-19-35(30)51-36)37-25-49-43(52-37)39-13-9-21-56(39)28(3)42(55-47(60)62-5)29-11-7-6-8-12-29/h6-8,11-12,15-20,23-27,39-42H,3,9-10,13-14,21-22H2,1-2,4-5H3,(H,49,52)(H,50,53)(H,54,59)(H,55,60)/t39-,40-,41-,42-/m0/s1. The number of likely N-dealkylation sites (tertiary alicyclic amines) is 2. The zero-order valence-corrected chi connectivity index (χ0v) is 35.2. The minimum Gasteiger partial charge on any atom is -0.453 e. The molecule has 14 nitrogen and oxygen atoms in total. The van der Waals surface area contributed by atoms with Crippen LogP contribution in [0.3, 0.4) is 0 Å². The number of hydrogen-bond acceptors (Lipinski definition) is 9. The Labute approximate surface area is 359 Å². The number of alkyl carbamates (subject to hydrolysis) is 2. The molecule has 2 aliphatic rings. The minimum absolute atomic E-state index is 0.0580. The molecule has 8 rings (SSSR count). The highest BCUT2D eigenvalue weighted by molar-refractivity contribution is 5.87. The number of ether oxygens (including phenoxy) is 2. The monoisotopic (exact) mass is 839 g/mol. The third-order valence-corrected chi connectivity index (χ3v) is 11.8. The molecule has 4 N–H and O–H groups in total. The smallest absolute Gasteiger partial charge is 0.407 e. The lowest BCUT2D eigenvalue weighted by molar-refractivity contribution is -0.135. The average molecular weight is 840 g/mol. The van der Waals surface area contributed by atoms with Crippen LogP contribution in [-0.4, -0.2) is 86.2 Å². The Morgan fingerprint density at radius 3 is 2.05 bits per heavy atom. The molecule has 0 unspecified atom stereocenters. The fourth-order valence-corrected chi connectivity index (χ4v) is 8.57. The van der Waals surface area contributed by atoms with Gasteiger partial charge < -0.3 is 39.9 Å². The molecule has 3 amide bonds. The molecule has 5 heterocycles. The highest BCUT2D eigenvalue weighted by Gasteiger charge is 2.38. The summed E-state index contributed by atoms with van der Waals surface area (Å²) in [6, 6.07) is 22.8. The number of nitrogens with one attached hydrogen (secondary N) is 4. The molecule has 15 heteroatoms. The zero-order chi connectivity index (χ0) is 43.5. The molecule has 0 bridgehead atoms. The number of aromatic nitrogens is 5. The number of nitrogens with zero attached hydrogens (tertiary/aromatic N) is 5. The number of rotatable bonds is 12. The molecule has 0 aliphatic carbocycles. The van der Waals surface area contributed by atoms with Crippen molar-refractivity contribution in [2.45, 2.75) is 63.7 Å². The van der Waals surface area contributed by atoms with Gasteiger partial charge >= 0.3 is 12.2 Å². The summed E-state index contributed by atoms with van der Waals surface area (Å²) in [5, 5.41) is 6.50. The molecule has 4 atom stereocenters. The van der Waals surface area contributed by atoms with Gasteiger partial charge in [-0.25, -0.2) is 28.9 Å². The molecule has 320 valence electrons. The number of aromatic amines is 2. The average Bonchev–Trinajstić information content (AvgIpc) is 4.14. The van der Waals surface area contributed by atoms with E-state index in [-0.39, 0.29) is 23.9 Å². The van der Waals surface area contributed by atoms with E-state index >= 15 is 4.39 Å². The van der Waals surface area contributed by atoms with Crippen LogP contribution in [0, 0.1) is 11.7 Å². The summed E-state index contributed by atoms with van der Waals surface area (Å²) < 4.78 is 25.6. The first-order valence-electron chi connectivity index (χ1n) is 20.8. The molecule has 62 heavy (non-hydrogen) atoms. The molecule has 2 saturated heterocycles. The number of benzene rings is 3. The van der Waals surface area contributed by atoms with E-state index < -0.39 is 30.1 Å². The van der Waals surface area contributed by atoms with Crippen LogP contribution in [0.25, 0.3) is 44.7 Å². The van der Waals surface area contributed by atoms with Gasteiger partial charge in [0.25, 0.3) is 0 Å². The summed E-state index contributed by atoms with van der Waals surface area (Å²) >= 11 is 0. The highest BCUT2D eigenvalue weighted by Crippen LogP contribution is 2.39. The Balaban J connectivity index is 0.961. The van der Waals surface area contributed by atoms with E-state index in [1.807, 2.05) is 86.8 Å². The number of amides is 3. The zero-order valence-electron chi connectivity index (χ0n) is 35.2. The van der Waals surface area contributed by atoms with E-state index in [9.17, 15) is 14.4 Å². The van der Waals surface area contributed by atoms with Gasteiger partial charge in [0.1, 0.15) is 23.5 Å². The van der Waals surface area contributed by atoms with Gasteiger partial charge in [-0.2, -0.15) is 0 Å². The van der Waals surface area contributed by atoms with Crippen LogP contribution < -0.4 is 10.6 Å². The largest absolute Gasteiger partial charge is 0.453 e. The number of pyridine rings is 1. The van der Waals surface area contributed by atoms with Gasteiger partial charge in [-0.15, -0.1) is 0 Å². The Hall–Kier alpha value is -7.03. The fraction of sp³-hybridized carbons (Fsp3) is 0.319. The minimum atomic E-state index is -0.741. The summed E-state index contributed by atoms with van der Waals surface area (Å²) in [5.74, 6) is 0.631. The normalized spacial score (nSPS) is 17.3. The molecule has 2 fully saturated rings. The highest BCUT2D eigenvalue weighted by atomic mass is 19.1. The molecule has 0 radical (unpaired) electrons. The van der Waals surface area contributed by atoms with Crippen molar-refractivity contribution in [1.29, 1.82) is 0 Å². The van der Waals surface area contributed by atoms with Crippen molar-refractivity contribution in [2.24, 2.45) is 5.92 Å². The number of hydrogen-bond donors (Lipinski definition) is 4. The predicted octanol–water partition coefficient (Wildman–Crippen LogP) is 8.61. The first-order valence-corrected chi connectivity index (χ1v) is 20.8. The Kier molecular flexibility index (Phi) is 12.0. The second kappa shape index (κ2) is 17.9. The summed E-state index contributed by atoms with van der Waals surface area (Å²) in [5.41, 5.74) is 6.25. The maximum atomic E-state index is 15.9. The molecular weight excluding hydrogens is 790 g/mol. The van der Waals surface area contributed by atoms with Crippen LogP contribution in [-0.2, 0) is 14.3 Å². The van der Waals surface area contributed by atoms with E-state index in [2.05, 4.69) is 37.1 Å². The van der Waals surface area contributed by atoms with Crippen molar-refractivity contribution in [3.8, 4) is 33.8 Å². The number of imidazole rings is 2. The van der Waals surface area contributed by atoms with E-state index in [4.69, 9.17) is 19.4 Å². The van der Waals surface area contributed by atoms with Crippen LogP contribution >= 0.6 is 0 Å². The summed E-state index contributed by atoms with van der Waals surface area (Å²) in [6.07, 6.45) is 5.60. The van der Waals surface area contributed by atoms with Crippen molar-refractivity contribution >= 4 is 29.0 Å². The Morgan fingerprint density at radius 1 is 0.790 bits per heavy atom. The van der Waals surface area contributed by atoms with Crippen LogP contribution in [0.5, 0.6) is 0 Å². The van der Waals surface area contributed by atoms with Crippen molar-refractivity contribution in [1.82, 2.24) is 45.4 Å². The van der Waals surface area contributed by atoms with Gasteiger partial charge in [0.15, 0.2) is 0 Å². The first kappa shape index (κ1) is 41.7. The van der Waals surface area contributed by atoms with Crippen molar-refractivity contribution in [3.05, 3.63) is 127 Å². The molecule has 0 spiro atoms. The second-order valence-corrected chi connectivity index (χ2v) is 16.0. The van der Waals surface area contributed by atoms with E-state index in [1.165, 1.54) is 20.3 Å². The number of fused-ring (bicyclic) bond motifs is 1. The maximum Gasteiger partial charge on any atom is 0.407 e. The molecule has 3 aromatic carbocycles. The van der Waals surface area contributed by atoms with Crippen molar-refractivity contribution < 1.29 is 28.2 Å². The molecule has 6 aromatic rings. The summed E-state index contributed by atoms with van der Waals surface area (Å²) in [7, 11) is 2.61. The van der Waals surface area contributed by atoms with Crippen molar-refractivity contribution in [3.63, 3.8) is 0 Å². The van der Waals surface area contributed by atoms with Gasteiger partial charge in [-0.3, -0.25) is 4.79 Å². The number of halogens is 1. The van der Waals surface area contributed by atoms with Gasteiger partial charge in [0.2, 0.25) is 5.91 Å². The Bertz CT molecular complexity index is 2610. The summed E-state index contributed by atoms with van der Waals surface area (Å²) in [4.78, 5) is 62.9. The van der Waals surface area contributed by atoms with Gasteiger partial charge in [0.05, 0.1) is 67.3 Å². The van der Waals surface area contributed by atoms with Crippen LogP contribution in [0.2, 0.25) is 0 Å². The first-order chi connectivity index (χ1) is 30.0. The lowest BCUT2D eigenvalue weighted by Crippen LogP contribution is -2.51. The molecular formula is C47H50FN9O5. The van der Waals surface area contributed by atoms with Crippen LogP contribution in [0.1, 0.15) is 74.9 Å². The van der Waals surface area contributed by atoms with Crippen LogP contribution in [0.4, 0.5) is 14.0 Å². The number of H-pyrrole nitrogens is 2. The topological polar surface area (TPSA) is 170 Å². The van der Waals surface area contributed by atoms with Crippen molar-refractivity contribution in [2.75, 3.05) is 27.3 Å². The predicted molar refractivity (Wildman–Crippen MR) is 233 cm³/mol. The SMILES string of the molecule is C=C([C@H](NC(=O)OC)c1ccccc1)N1CCC[C@H]1c1ncc(-c2ccc3nc(-c4ccc(-c5cnc([C@@H]6CCCN6C(=O)[C@@H](NC(=O)OC)C(C)C)[nH]5)cc4F)ccc3c2)[nH]1. The maximum absolute atomic E-state index is 15.9. The van der Waals surface area contributed by atoms with Gasteiger partial charge in [0, 0.05) is 40.9 Å². The van der Waals surface area contributed by atoms with Gasteiger partial charge in [-0.1, -0.05) is 69.0 Å². The van der Waals surface area contributed by atoms with Gasteiger partial charge in [-0.05, 0) is 67.5 Å². The molecule has 0 saturated carbocycles. The number of methoxy groups -OCH3 is 2. The number of carbonyl (C=O) groups excluding carboxylic acids is 3. The quantitative estimate of drug-likeness (QED) is 0.0942. The second-order valence-electron chi connectivity index (χ2n) is 16.0. The molecule has 2 aliphatic heterocycles. The lowest BCUT2D eigenvalue weighted by Gasteiger charge is -2.32. The van der Waals surface area contributed by atoms with Crippen LogP contribution in [0.15, 0.2) is 104 Å².